The van der Waals surface area contributed by atoms with Crippen LogP contribution in [0.2, 0.25) is 0 Å². The number of anilines is 1. The number of aromatic nitrogens is 2. The lowest BCUT2D eigenvalue weighted by Gasteiger charge is -1.88. The number of benzene rings is 1. The van der Waals surface area contributed by atoms with Crippen LogP contribution in [-0.4, -0.2) is 9.97 Å². The Labute approximate surface area is 78.0 Å². The van der Waals surface area contributed by atoms with Crippen LogP contribution in [0.5, 0.6) is 0 Å². The van der Waals surface area contributed by atoms with Crippen LogP contribution in [0.15, 0.2) is 18.2 Å². The maximum absolute atomic E-state index is 5.47. The minimum absolute atomic E-state index is 0.477. The van der Waals surface area contributed by atoms with Crippen LogP contribution >= 0.6 is 0 Å². The van der Waals surface area contributed by atoms with E-state index in [4.69, 9.17) is 5.73 Å². The van der Waals surface area contributed by atoms with Crippen molar-refractivity contribution in [2.75, 3.05) is 5.73 Å². The lowest BCUT2D eigenvalue weighted by atomic mass is 10.2. The molecular formula is C10H15N3. The zero-order valence-electron chi connectivity index (χ0n) is 8.26. The summed E-state index contributed by atoms with van der Waals surface area (Å²) >= 11 is 0. The van der Waals surface area contributed by atoms with Crippen LogP contribution < -0.4 is 5.73 Å². The zero-order chi connectivity index (χ0) is 9.84. The van der Waals surface area contributed by atoms with E-state index in [0.717, 1.165) is 11.0 Å². The largest absolute Gasteiger partial charge is 0.369 e. The Hall–Kier alpha value is -1.51. The van der Waals surface area contributed by atoms with E-state index in [1.54, 1.807) is 0 Å². The van der Waals surface area contributed by atoms with Crippen molar-refractivity contribution in [2.24, 2.45) is 0 Å². The third-order valence-corrected chi connectivity index (χ3v) is 1.66. The highest BCUT2D eigenvalue weighted by molar-refractivity contribution is 5.77. The predicted molar refractivity (Wildman–Crippen MR) is 56.6 cm³/mol. The molecule has 0 amide bonds. The zero-order valence-corrected chi connectivity index (χ0v) is 8.26. The van der Waals surface area contributed by atoms with E-state index >= 15 is 0 Å². The molecule has 13 heavy (non-hydrogen) atoms. The smallest absolute Gasteiger partial charge is 0.198 e. The van der Waals surface area contributed by atoms with Crippen LogP contribution in [0.25, 0.3) is 11.0 Å². The predicted octanol–water partition coefficient (Wildman–Crippen LogP) is 2.48. The maximum Gasteiger partial charge on any atom is 0.198 e. The van der Waals surface area contributed by atoms with Gasteiger partial charge in [-0.1, -0.05) is 19.9 Å². The van der Waals surface area contributed by atoms with Crippen LogP contribution in [0.3, 0.4) is 0 Å². The molecule has 0 radical (unpaired) electrons. The highest BCUT2D eigenvalue weighted by Crippen LogP contribution is 2.13. The first-order valence-electron chi connectivity index (χ1n) is 4.47. The summed E-state index contributed by atoms with van der Waals surface area (Å²) in [5.41, 5.74) is 8.61. The Morgan fingerprint density at radius 3 is 2.69 bits per heavy atom. The number of hydrogen-bond donors (Lipinski definition) is 2. The van der Waals surface area contributed by atoms with Crippen molar-refractivity contribution >= 4 is 17.0 Å². The number of nitrogens with zero attached hydrogens (tertiary/aromatic N) is 1. The molecule has 0 fully saturated rings. The van der Waals surface area contributed by atoms with Gasteiger partial charge >= 0.3 is 0 Å². The summed E-state index contributed by atoms with van der Waals surface area (Å²) in [5.74, 6) is 0.477. The number of rotatable bonds is 0. The van der Waals surface area contributed by atoms with Gasteiger partial charge < -0.3 is 10.7 Å². The third kappa shape index (κ3) is 1.99. The summed E-state index contributed by atoms with van der Waals surface area (Å²) in [7, 11) is 0. The summed E-state index contributed by atoms with van der Waals surface area (Å²) < 4.78 is 0. The standard InChI is InChI=1S/C8H9N3.C2H6/c1-5-2-3-6-7(4-5)11-8(9)10-6;1-2/h2-4H,1H3,(H3,9,10,11);1-2H3. The van der Waals surface area contributed by atoms with E-state index < -0.39 is 0 Å². The number of nitrogens with one attached hydrogen (secondary N) is 1. The lowest BCUT2D eigenvalue weighted by molar-refractivity contribution is 1.35. The number of imidazole rings is 1. The fraction of sp³-hybridized carbons (Fsp3) is 0.300. The molecule has 70 valence electrons. The van der Waals surface area contributed by atoms with Crippen molar-refractivity contribution < 1.29 is 0 Å². The Morgan fingerprint density at radius 2 is 2.00 bits per heavy atom. The number of hydrogen-bond acceptors (Lipinski definition) is 2. The molecule has 0 saturated heterocycles. The molecule has 0 spiro atoms. The molecule has 3 N–H and O–H groups in total. The van der Waals surface area contributed by atoms with Crippen LogP contribution in [-0.2, 0) is 0 Å². The van der Waals surface area contributed by atoms with Gasteiger partial charge in [-0.25, -0.2) is 4.98 Å². The first-order chi connectivity index (χ1) is 6.25. The Morgan fingerprint density at radius 1 is 1.31 bits per heavy atom. The highest BCUT2D eigenvalue weighted by atomic mass is 15.0. The number of aryl methyl sites for hydroxylation is 1. The van der Waals surface area contributed by atoms with E-state index in [0.29, 0.717) is 5.95 Å². The number of nitrogen functional groups attached to an aromatic ring is 1. The molecule has 1 heterocycles. The van der Waals surface area contributed by atoms with Crippen molar-refractivity contribution in [3.63, 3.8) is 0 Å². The Balaban J connectivity index is 0.000000396. The van der Waals surface area contributed by atoms with Gasteiger partial charge in [0.1, 0.15) is 0 Å². The van der Waals surface area contributed by atoms with E-state index in [1.165, 1.54) is 5.56 Å². The molecule has 2 aromatic rings. The van der Waals surface area contributed by atoms with E-state index in [-0.39, 0.29) is 0 Å². The van der Waals surface area contributed by atoms with E-state index in [1.807, 2.05) is 39.0 Å². The minimum atomic E-state index is 0.477. The molecule has 2 rings (SSSR count). The lowest BCUT2D eigenvalue weighted by Crippen LogP contribution is -1.84. The van der Waals surface area contributed by atoms with Crippen molar-refractivity contribution in [1.82, 2.24) is 9.97 Å². The fourth-order valence-electron chi connectivity index (χ4n) is 1.14. The summed E-state index contributed by atoms with van der Waals surface area (Å²) in [5, 5.41) is 0. The summed E-state index contributed by atoms with van der Waals surface area (Å²) in [6, 6.07) is 6.00. The summed E-state index contributed by atoms with van der Waals surface area (Å²) in [6.45, 7) is 6.04. The molecule has 0 atom stereocenters. The molecule has 0 aliphatic carbocycles. The Bertz CT molecular complexity index is 390. The second kappa shape index (κ2) is 3.94. The van der Waals surface area contributed by atoms with Crippen molar-refractivity contribution in [3.8, 4) is 0 Å². The molecule has 1 aromatic carbocycles. The van der Waals surface area contributed by atoms with Gasteiger partial charge in [0.25, 0.3) is 0 Å². The van der Waals surface area contributed by atoms with E-state index in [2.05, 4.69) is 9.97 Å². The fourth-order valence-corrected chi connectivity index (χ4v) is 1.14. The molecule has 0 unspecified atom stereocenters. The van der Waals surface area contributed by atoms with Crippen molar-refractivity contribution in [2.45, 2.75) is 20.8 Å². The first-order valence-corrected chi connectivity index (χ1v) is 4.47. The van der Waals surface area contributed by atoms with Gasteiger partial charge in [0.05, 0.1) is 11.0 Å². The second-order valence-electron chi connectivity index (χ2n) is 2.64. The molecule has 1 aromatic heterocycles. The minimum Gasteiger partial charge on any atom is -0.369 e. The van der Waals surface area contributed by atoms with Crippen LogP contribution in [0.4, 0.5) is 5.95 Å². The monoisotopic (exact) mass is 177 g/mol. The third-order valence-electron chi connectivity index (χ3n) is 1.66. The van der Waals surface area contributed by atoms with Crippen molar-refractivity contribution in [3.05, 3.63) is 23.8 Å². The topological polar surface area (TPSA) is 54.7 Å². The van der Waals surface area contributed by atoms with Crippen LogP contribution in [0, 0.1) is 6.92 Å². The SMILES string of the molecule is CC.Cc1ccc2nc(N)[nH]c2c1. The second-order valence-corrected chi connectivity index (χ2v) is 2.64. The van der Waals surface area contributed by atoms with Gasteiger partial charge in [-0.3, -0.25) is 0 Å². The molecule has 3 nitrogen and oxygen atoms in total. The quantitative estimate of drug-likeness (QED) is 0.649. The maximum atomic E-state index is 5.47. The molecule has 3 heteroatoms. The van der Waals surface area contributed by atoms with Gasteiger partial charge in [0.15, 0.2) is 5.95 Å². The van der Waals surface area contributed by atoms with E-state index in [9.17, 15) is 0 Å². The van der Waals surface area contributed by atoms with Crippen LogP contribution in [0.1, 0.15) is 19.4 Å². The van der Waals surface area contributed by atoms with Gasteiger partial charge in [0.2, 0.25) is 0 Å². The molecule has 0 aliphatic heterocycles. The molecular weight excluding hydrogens is 162 g/mol. The highest BCUT2D eigenvalue weighted by Gasteiger charge is 1.97. The molecule has 0 aliphatic rings. The average molecular weight is 177 g/mol. The van der Waals surface area contributed by atoms with Crippen molar-refractivity contribution in [1.29, 1.82) is 0 Å². The molecule has 0 bridgehead atoms. The van der Waals surface area contributed by atoms with Gasteiger partial charge in [0, 0.05) is 0 Å². The molecule has 0 saturated carbocycles. The van der Waals surface area contributed by atoms with Gasteiger partial charge in [-0.15, -0.1) is 0 Å². The number of aromatic amines is 1. The Kier molecular flexibility index (Phi) is 2.90. The number of H-pyrrole nitrogens is 1. The number of nitrogens with two attached hydrogens (primary N) is 1. The summed E-state index contributed by atoms with van der Waals surface area (Å²) in [4.78, 5) is 7.04. The van der Waals surface area contributed by atoms with Gasteiger partial charge in [-0.2, -0.15) is 0 Å². The first kappa shape index (κ1) is 9.58. The summed E-state index contributed by atoms with van der Waals surface area (Å²) in [6.07, 6.45) is 0. The van der Waals surface area contributed by atoms with Gasteiger partial charge in [-0.05, 0) is 24.6 Å². The normalized spacial score (nSPS) is 9.46. The average Bonchev–Trinajstić information content (AvgIpc) is 2.48. The number of fused-ring (bicyclic) bond motifs is 1.